The van der Waals surface area contributed by atoms with E-state index >= 15 is 0 Å². The quantitative estimate of drug-likeness (QED) is 0.808. The summed E-state index contributed by atoms with van der Waals surface area (Å²) in [5.74, 6) is -0.315. The SMILES string of the molecule is Cc1ccc(OC(CNC2CC2)C(=O)O)cc1C. The molecule has 2 rings (SSSR count). The topological polar surface area (TPSA) is 58.6 Å². The summed E-state index contributed by atoms with van der Waals surface area (Å²) in [7, 11) is 0. The largest absolute Gasteiger partial charge is 0.478 e. The number of aryl methyl sites for hydroxylation is 2. The van der Waals surface area contributed by atoms with Crippen LogP contribution in [0, 0.1) is 13.8 Å². The van der Waals surface area contributed by atoms with Crippen LogP contribution in [0.2, 0.25) is 0 Å². The molecule has 1 aliphatic rings. The van der Waals surface area contributed by atoms with Crippen LogP contribution in [-0.4, -0.2) is 29.8 Å². The molecule has 1 aromatic rings. The Hall–Kier alpha value is -1.55. The van der Waals surface area contributed by atoms with Gasteiger partial charge in [0, 0.05) is 12.6 Å². The van der Waals surface area contributed by atoms with Crippen molar-refractivity contribution < 1.29 is 14.6 Å². The van der Waals surface area contributed by atoms with Crippen molar-refractivity contribution in [2.75, 3.05) is 6.54 Å². The van der Waals surface area contributed by atoms with Gasteiger partial charge in [-0.1, -0.05) is 6.07 Å². The molecule has 1 unspecified atom stereocenters. The van der Waals surface area contributed by atoms with Crippen LogP contribution >= 0.6 is 0 Å². The Morgan fingerprint density at radius 3 is 2.72 bits per heavy atom. The number of hydrogen-bond donors (Lipinski definition) is 2. The first-order valence-electron chi connectivity index (χ1n) is 6.26. The number of carboxylic acid groups (broad SMARTS) is 1. The van der Waals surface area contributed by atoms with Crippen LogP contribution in [0.4, 0.5) is 0 Å². The molecule has 1 atom stereocenters. The summed E-state index contributed by atoms with van der Waals surface area (Å²) in [4.78, 5) is 11.1. The van der Waals surface area contributed by atoms with Gasteiger partial charge in [0.1, 0.15) is 5.75 Å². The van der Waals surface area contributed by atoms with E-state index in [4.69, 9.17) is 9.84 Å². The molecule has 0 saturated heterocycles. The third-order valence-corrected chi connectivity index (χ3v) is 3.20. The summed E-state index contributed by atoms with van der Waals surface area (Å²) < 4.78 is 5.53. The van der Waals surface area contributed by atoms with E-state index in [1.165, 1.54) is 5.56 Å². The van der Waals surface area contributed by atoms with E-state index in [1.54, 1.807) is 0 Å². The van der Waals surface area contributed by atoms with Gasteiger partial charge in [-0.3, -0.25) is 0 Å². The minimum absolute atomic E-state index is 0.354. The average molecular weight is 249 g/mol. The van der Waals surface area contributed by atoms with Gasteiger partial charge in [0.25, 0.3) is 0 Å². The van der Waals surface area contributed by atoms with Crippen LogP contribution in [0.3, 0.4) is 0 Å². The van der Waals surface area contributed by atoms with Gasteiger partial charge in [0.2, 0.25) is 6.10 Å². The van der Waals surface area contributed by atoms with Gasteiger partial charge in [0.05, 0.1) is 0 Å². The number of nitrogens with one attached hydrogen (secondary N) is 1. The Bertz CT molecular complexity index is 441. The number of hydrogen-bond acceptors (Lipinski definition) is 3. The molecule has 1 aliphatic carbocycles. The number of carboxylic acids is 1. The van der Waals surface area contributed by atoms with E-state index in [0.717, 1.165) is 18.4 Å². The lowest BCUT2D eigenvalue weighted by Gasteiger charge is -2.16. The van der Waals surface area contributed by atoms with Crippen molar-refractivity contribution in [1.29, 1.82) is 0 Å². The minimum Gasteiger partial charge on any atom is -0.478 e. The predicted molar refractivity (Wildman–Crippen MR) is 69.0 cm³/mol. The molecular weight excluding hydrogens is 230 g/mol. The first-order chi connectivity index (χ1) is 8.56. The van der Waals surface area contributed by atoms with Crippen LogP contribution in [0.25, 0.3) is 0 Å². The summed E-state index contributed by atoms with van der Waals surface area (Å²) in [5.41, 5.74) is 2.28. The zero-order valence-electron chi connectivity index (χ0n) is 10.8. The monoisotopic (exact) mass is 249 g/mol. The fourth-order valence-electron chi connectivity index (χ4n) is 1.69. The zero-order chi connectivity index (χ0) is 13.1. The highest BCUT2D eigenvalue weighted by Gasteiger charge is 2.25. The standard InChI is InChI=1S/C14H19NO3/c1-9-3-6-12(7-10(9)2)18-13(14(16)17)8-15-11-4-5-11/h3,6-7,11,13,15H,4-5,8H2,1-2H3,(H,16,17). The molecule has 4 heteroatoms. The molecule has 0 radical (unpaired) electrons. The molecular formula is C14H19NO3. The molecule has 1 fully saturated rings. The third kappa shape index (κ3) is 3.47. The molecule has 0 aliphatic heterocycles. The number of ether oxygens (including phenoxy) is 1. The van der Waals surface area contributed by atoms with E-state index in [9.17, 15) is 4.79 Å². The molecule has 0 heterocycles. The second-order valence-electron chi connectivity index (χ2n) is 4.87. The summed E-state index contributed by atoms with van der Waals surface area (Å²) in [6, 6.07) is 6.12. The van der Waals surface area contributed by atoms with Crippen LogP contribution in [0.1, 0.15) is 24.0 Å². The maximum atomic E-state index is 11.1. The molecule has 0 spiro atoms. The van der Waals surface area contributed by atoms with Gasteiger partial charge >= 0.3 is 5.97 Å². The van der Waals surface area contributed by atoms with E-state index < -0.39 is 12.1 Å². The summed E-state index contributed by atoms with van der Waals surface area (Å²) in [5, 5.41) is 12.3. The lowest BCUT2D eigenvalue weighted by molar-refractivity contribution is -0.144. The molecule has 98 valence electrons. The minimum atomic E-state index is -0.929. The van der Waals surface area contributed by atoms with Gasteiger partial charge in [-0.25, -0.2) is 4.79 Å². The highest BCUT2D eigenvalue weighted by atomic mass is 16.5. The average Bonchev–Trinajstić information content (AvgIpc) is 3.12. The van der Waals surface area contributed by atoms with Gasteiger partial charge in [0.15, 0.2) is 0 Å². The fourth-order valence-corrected chi connectivity index (χ4v) is 1.69. The van der Waals surface area contributed by atoms with Gasteiger partial charge in [-0.2, -0.15) is 0 Å². The van der Waals surface area contributed by atoms with Crippen molar-refractivity contribution in [2.45, 2.75) is 38.8 Å². The number of benzene rings is 1. The number of rotatable bonds is 6. The number of carbonyl (C=O) groups is 1. The summed E-state index contributed by atoms with van der Waals surface area (Å²) in [6.07, 6.45) is 1.44. The smallest absolute Gasteiger partial charge is 0.346 e. The van der Waals surface area contributed by atoms with Crippen molar-refractivity contribution in [3.05, 3.63) is 29.3 Å². The van der Waals surface area contributed by atoms with E-state index in [1.807, 2.05) is 32.0 Å². The predicted octanol–water partition coefficient (Wildman–Crippen LogP) is 1.89. The van der Waals surface area contributed by atoms with E-state index in [0.29, 0.717) is 18.3 Å². The maximum Gasteiger partial charge on any atom is 0.346 e. The van der Waals surface area contributed by atoms with Crippen molar-refractivity contribution in [2.24, 2.45) is 0 Å². The lowest BCUT2D eigenvalue weighted by Crippen LogP contribution is -2.38. The molecule has 1 saturated carbocycles. The van der Waals surface area contributed by atoms with Crippen molar-refractivity contribution in [3.8, 4) is 5.75 Å². The molecule has 1 aromatic carbocycles. The molecule has 18 heavy (non-hydrogen) atoms. The summed E-state index contributed by atoms with van der Waals surface area (Å²) in [6.45, 7) is 4.36. The van der Waals surface area contributed by atoms with Crippen LogP contribution < -0.4 is 10.1 Å². The van der Waals surface area contributed by atoms with Crippen molar-refractivity contribution in [1.82, 2.24) is 5.32 Å². The third-order valence-electron chi connectivity index (χ3n) is 3.20. The molecule has 0 amide bonds. The van der Waals surface area contributed by atoms with Gasteiger partial charge in [-0.05, 0) is 49.9 Å². The Labute approximate surface area is 107 Å². The van der Waals surface area contributed by atoms with Crippen LogP contribution in [0.5, 0.6) is 5.75 Å². The zero-order valence-corrected chi connectivity index (χ0v) is 10.8. The number of aliphatic carboxylic acids is 1. The maximum absolute atomic E-state index is 11.1. The van der Waals surface area contributed by atoms with E-state index in [-0.39, 0.29) is 0 Å². The van der Waals surface area contributed by atoms with Crippen molar-refractivity contribution in [3.63, 3.8) is 0 Å². The highest BCUT2D eigenvalue weighted by molar-refractivity contribution is 5.73. The summed E-state index contributed by atoms with van der Waals surface area (Å²) >= 11 is 0. The fraction of sp³-hybridized carbons (Fsp3) is 0.500. The Morgan fingerprint density at radius 2 is 2.17 bits per heavy atom. The Morgan fingerprint density at radius 1 is 1.44 bits per heavy atom. The Kier molecular flexibility index (Phi) is 3.87. The second kappa shape index (κ2) is 5.40. The van der Waals surface area contributed by atoms with Crippen LogP contribution in [0.15, 0.2) is 18.2 Å². The van der Waals surface area contributed by atoms with Crippen molar-refractivity contribution >= 4 is 5.97 Å². The molecule has 2 N–H and O–H groups in total. The molecule has 0 aromatic heterocycles. The normalized spacial score (nSPS) is 16.3. The molecule has 4 nitrogen and oxygen atoms in total. The molecule has 0 bridgehead atoms. The van der Waals surface area contributed by atoms with Gasteiger partial charge in [-0.15, -0.1) is 0 Å². The van der Waals surface area contributed by atoms with E-state index in [2.05, 4.69) is 5.32 Å². The Balaban J connectivity index is 1.97. The second-order valence-corrected chi connectivity index (χ2v) is 4.87. The van der Waals surface area contributed by atoms with Gasteiger partial charge < -0.3 is 15.2 Å². The first-order valence-corrected chi connectivity index (χ1v) is 6.26. The highest BCUT2D eigenvalue weighted by Crippen LogP contribution is 2.20. The lowest BCUT2D eigenvalue weighted by atomic mass is 10.1. The van der Waals surface area contributed by atoms with Crippen LogP contribution in [-0.2, 0) is 4.79 Å². The first kappa shape index (κ1) is 12.9.